The van der Waals surface area contributed by atoms with E-state index in [1.54, 1.807) is 11.3 Å². The predicted molar refractivity (Wildman–Crippen MR) is 76.6 cm³/mol. The molecule has 0 aromatic carbocycles. The predicted octanol–water partition coefficient (Wildman–Crippen LogP) is 4.82. The van der Waals surface area contributed by atoms with Crippen molar-refractivity contribution in [1.29, 1.82) is 0 Å². The van der Waals surface area contributed by atoms with Crippen molar-refractivity contribution in [3.63, 3.8) is 0 Å². The van der Waals surface area contributed by atoms with E-state index in [2.05, 4.69) is 46.4 Å². The standard InChI is InChI=1S/C11H11BrClNS2/c1-7-2-3-8(15-7)5-14-6-9-4-10(12)11(13)16-9/h2-4,14H,5-6H2,1H3. The minimum Gasteiger partial charge on any atom is -0.307 e. The molecular weight excluding hydrogens is 326 g/mol. The summed E-state index contributed by atoms with van der Waals surface area (Å²) in [6.07, 6.45) is 0. The van der Waals surface area contributed by atoms with Crippen LogP contribution in [0.4, 0.5) is 0 Å². The lowest BCUT2D eigenvalue weighted by Gasteiger charge is -1.99. The smallest absolute Gasteiger partial charge is 0.107 e. The van der Waals surface area contributed by atoms with E-state index in [1.807, 2.05) is 11.3 Å². The summed E-state index contributed by atoms with van der Waals surface area (Å²) in [5.41, 5.74) is 0. The molecule has 0 bridgehead atoms. The van der Waals surface area contributed by atoms with E-state index in [0.717, 1.165) is 21.9 Å². The van der Waals surface area contributed by atoms with Crippen LogP contribution in [0.2, 0.25) is 4.34 Å². The Balaban J connectivity index is 1.84. The third-order valence-corrected chi connectivity index (χ3v) is 5.57. The van der Waals surface area contributed by atoms with Crippen molar-refractivity contribution < 1.29 is 0 Å². The Bertz CT molecular complexity index is 459. The Morgan fingerprint density at radius 1 is 1.25 bits per heavy atom. The van der Waals surface area contributed by atoms with Crippen molar-refractivity contribution in [3.05, 3.63) is 41.6 Å². The molecule has 2 heterocycles. The molecule has 5 heteroatoms. The van der Waals surface area contributed by atoms with Gasteiger partial charge < -0.3 is 5.32 Å². The SMILES string of the molecule is Cc1ccc(CNCc2cc(Br)c(Cl)s2)s1. The molecule has 0 amide bonds. The average Bonchev–Trinajstić information content (AvgIpc) is 2.75. The monoisotopic (exact) mass is 335 g/mol. The molecule has 2 aromatic heterocycles. The van der Waals surface area contributed by atoms with E-state index in [1.165, 1.54) is 14.6 Å². The second-order valence-electron chi connectivity index (χ2n) is 3.45. The number of aryl methyl sites for hydroxylation is 1. The molecule has 0 aliphatic rings. The summed E-state index contributed by atoms with van der Waals surface area (Å²) >= 11 is 12.8. The van der Waals surface area contributed by atoms with Crippen LogP contribution in [0, 0.1) is 6.92 Å². The molecule has 1 nitrogen and oxygen atoms in total. The summed E-state index contributed by atoms with van der Waals surface area (Å²) in [6.45, 7) is 3.92. The zero-order valence-corrected chi connectivity index (χ0v) is 12.7. The van der Waals surface area contributed by atoms with Gasteiger partial charge in [-0.1, -0.05) is 11.6 Å². The van der Waals surface area contributed by atoms with Crippen LogP contribution < -0.4 is 5.32 Å². The van der Waals surface area contributed by atoms with E-state index in [4.69, 9.17) is 11.6 Å². The maximum Gasteiger partial charge on any atom is 0.107 e. The first kappa shape index (κ1) is 12.6. The molecule has 2 rings (SSSR count). The van der Waals surface area contributed by atoms with Gasteiger partial charge in [-0.2, -0.15) is 0 Å². The summed E-state index contributed by atoms with van der Waals surface area (Å²) in [6, 6.07) is 6.39. The van der Waals surface area contributed by atoms with Crippen LogP contribution in [0.15, 0.2) is 22.7 Å². The molecule has 0 aliphatic carbocycles. The topological polar surface area (TPSA) is 12.0 Å². The fraction of sp³-hybridized carbons (Fsp3) is 0.273. The Morgan fingerprint density at radius 3 is 2.56 bits per heavy atom. The third-order valence-electron chi connectivity index (χ3n) is 2.09. The lowest BCUT2D eigenvalue weighted by Crippen LogP contribution is -2.10. The lowest BCUT2D eigenvalue weighted by molar-refractivity contribution is 0.709. The Kier molecular flexibility index (Phi) is 4.44. The van der Waals surface area contributed by atoms with E-state index >= 15 is 0 Å². The maximum absolute atomic E-state index is 5.97. The highest BCUT2D eigenvalue weighted by Gasteiger charge is 2.04. The summed E-state index contributed by atoms with van der Waals surface area (Å²) in [7, 11) is 0. The zero-order chi connectivity index (χ0) is 11.5. The van der Waals surface area contributed by atoms with E-state index < -0.39 is 0 Å². The van der Waals surface area contributed by atoms with Gasteiger partial charge in [0, 0.05) is 32.2 Å². The average molecular weight is 337 g/mol. The molecule has 0 atom stereocenters. The number of hydrogen-bond acceptors (Lipinski definition) is 3. The fourth-order valence-corrected chi connectivity index (χ4v) is 3.99. The van der Waals surface area contributed by atoms with Crippen molar-refractivity contribution >= 4 is 50.2 Å². The number of nitrogens with one attached hydrogen (secondary N) is 1. The normalized spacial score (nSPS) is 10.9. The maximum atomic E-state index is 5.97. The molecule has 2 aromatic rings. The summed E-state index contributed by atoms with van der Waals surface area (Å²) in [5, 5.41) is 3.41. The molecule has 0 radical (unpaired) electrons. The van der Waals surface area contributed by atoms with Crippen LogP contribution in [0.25, 0.3) is 0 Å². The Hall–Kier alpha value is 0.130. The minimum atomic E-state index is 0.823. The van der Waals surface area contributed by atoms with Gasteiger partial charge in [0.15, 0.2) is 0 Å². The molecule has 86 valence electrons. The minimum absolute atomic E-state index is 0.823. The first-order chi connectivity index (χ1) is 7.65. The van der Waals surface area contributed by atoms with E-state index in [9.17, 15) is 0 Å². The zero-order valence-electron chi connectivity index (χ0n) is 8.72. The van der Waals surface area contributed by atoms with Crippen LogP contribution in [-0.2, 0) is 13.1 Å². The van der Waals surface area contributed by atoms with Gasteiger partial charge in [0.2, 0.25) is 0 Å². The second-order valence-corrected chi connectivity index (χ2v) is 7.42. The van der Waals surface area contributed by atoms with Gasteiger partial charge in [-0.25, -0.2) is 0 Å². The molecular formula is C11H11BrClNS2. The Labute approximate surface area is 117 Å². The van der Waals surface area contributed by atoms with Crippen LogP contribution in [0.3, 0.4) is 0 Å². The number of thiophene rings is 2. The largest absolute Gasteiger partial charge is 0.307 e. The number of hydrogen-bond donors (Lipinski definition) is 1. The highest BCUT2D eigenvalue weighted by molar-refractivity contribution is 9.10. The van der Waals surface area contributed by atoms with Crippen molar-refractivity contribution in [3.8, 4) is 0 Å². The molecule has 0 unspecified atom stereocenters. The highest BCUT2D eigenvalue weighted by Crippen LogP contribution is 2.31. The fourth-order valence-electron chi connectivity index (χ4n) is 1.37. The van der Waals surface area contributed by atoms with Crippen LogP contribution in [0.1, 0.15) is 14.6 Å². The van der Waals surface area contributed by atoms with Gasteiger partial charge >= 0.3 is 0 Å². The van der Waals surface area contributed by atoms with Gasteiger partial charge in [0.05, 0.1) is 0 Å². The highest BCUT2D eigenvalue weighted by atomic mass is 79.9. The summed E-state index contributed by atoms with van der Waals surface area (Å²) < 4.78 is 1.81. The quantitative estimate of drug-likeness (QED) is 0.843. The molecule has 0 saturated carbocycles. The van der Waals surface area contributed by atoms with Crippen molar-refractivity contribution in [2.24, 2.45) is 0 Å². The molecule has 0 aliphatic heterocycles. The summed E-state index contributed by atoms with van der Waals surface area (Å²) in [4.78, 5) is 3.99. The van der Waals surface area contributed by atoms with Crippen LogP contribution in [-0.4, -0.2) is 0 Å². The first-order valence-corrected chi connectivity index (χ1v) is 7.65. The van der Waals surface area contributed by atoms with Gasteiger partial charge in [-0.05, 0) is 41.1 Å². The van der Waals surface area contributed by atoms with Crippen molar-refractivity contribution in [2.75, 3.05) is 0 Å². The number of halogens is 2. The van der Waals surface area contributed by atoms with Crippen molar-refractivity contribution in [2.45, 2.75) is 20.0 Å². The van der Waals surface area contributed by atoms with E-state index in [-0.39, 0.29) is 0 Å². The second kappa shape index (κ2) is 5.65. The summed E-state index contributed by atoms with van der Waals surface area (Å²) in [5.74, 6) is 0. The van der Waals surface area contributed by atoms with Gasteiger partial charge in [-0.15, -0.1) is 22.7 Å². The molecule has 0 saturated heterocycles. The lowest BCUT2D eigenvalue weighted by atomic mass is 10.4. The van der Waals surface area contributed by atoms with Gasteiger partial charge in [0.25, 0.3) is 0 Å². The van der Waals surface area contributed by atoms with Crippen molar-refractivity contribution in [1.82, 2.24) is 5.32 Å². The van der Waals surface area contributed by atoms with Gasteiger partial charge in [-0.3, -0.25) is 0 Å². The Morgan fingerprint density at radius 2 is 2.00 bits per heavy atom. The molecule has 16 heavy (non-hydrogen) atoms. The molecule has 0 spiro atoms. The molecule has 0 fully saturated rings. The van der Waals surface area contributed by atoms with Crippen LogP contribution >= 0.6 is 50.2 Å². The molecule has 1 N–H and O–H groups in total. The first-order valence-electron chi connectivity index (χ1n) is 4.85. The third kappa shape index (κ3) is 3.31. The number of rotatable bonds is 4. The van der Waals surface area contributed by atoms with E-state index in [0.29, 0.717) is 0 Å². The van der Waals surface area contributed by atoms with Crippen LogP contribution in [0.5, 0.6) is 0 Å². The van der Waals surface area contributed by atoms with Gasteiger partial charge in [0.1, 0.15) is 4.34 Å².